The van der Waals surface area contributed by atoms with E-state index in [1.807, 2.05) is 11.8 Å². The van der Waals surface area contributed by atoms with E-state index in [0.29, 0.717) is 58.0 Å². The number of halogens is 1. The molecule has 0 amide bonds. The SMILES string of the molecule is CCCS(=O)(=O)N1CCC2(CC1)CN(c1ncc(F)cn1)CCO2. The fourth-order valence-electron chi connectivity index (χ4n) is 3.35. The summed E-state index contributed by atoms with van der Waals surface area (Å²) in [5.74, 6) is 0.215. The minimum Gasteiger partial charge on any atom is -0.371 e. The number of hydrogen-bond acceptors (Lipinski definition) is 6. The molecule has 3 rings (SSSR count). The third kappa shape index (κ3) is 3.68. The Morgan fingerprint density at radius 3 is 2.54 bits per heavy atom. The van der Waals surface area contributed by atoms with Crippen molar-refractivity contribution in [2.24, 2.45) is 0 Å². The number of ether oxygens (including phenoxy) is 1. The summed E-state index contributed by atoms with van der Waals surface area (Å²) in [4.78, 5) is 10.1. The molecular weight excluding hydrogens is 335 g/mol. The molecule has 0 unspecified atom stereocenters. The van der Waals surface area contributed by atoms with Crippen molar-refractivity contribution >= 4 is 16.0 Å². The van der Waals surface area contributed by atoms with Gasteiger partial charge in [-0.05, 0) is 19.3 Å². The monoisotopic (exact) mass is 358 g/mol. The number of hydrogen-bond donors (Lipinski definition) is 0. The van der Waals surface area contributed by atoms with Gasteiger partial charge in [-0.1, -0.05) is 6.92 Å². The number of morpholine rings is 1. The minimum absolute atomic E-state index is 0.191. The molecule has 2 aliphatic rings. The predicted octanol–water partition coefficient (Wildman–Crippen LogP) is 1.03. The van der Waals surface area contributed by atoms with Gasteiger partial charge in [0.2, 0.25) is 16.0 Å². The summed E-state index contributed by atoms with van der Waals surface area (Å²) in [6, 6.07) is 0. The van der Waals surface area contributed by atoms with Gasteiger partial charge in [0.15, 0.2) is 5.82 Å². The lowest BCUT2D eigenvalue weighted by Gasteiger charge is -2.46. The zero-order valence-electron chi connectivity index (χ0n) is 13.8. The summed E-state index contributed by atoms with van der Waals surface area (Å²) in [7, 11) is -3.16. The summed E-state index contributed by atoms with van der Waals surface area (Å²) in [6.45, 7) is 4.59. The minimum atomic E-state index is -3.16. The Labute approximate surface area is 141 Å². The Morgan fingerprint density at radius 2 is 1.92 bits per heavy atom. The highest BCUT2D eigenvalue weighted by Gasteiger charge is 2.42. The van der Waals surface area contributed by atoms with Gasteiger partial charge in [0, 0.05) is 19.6 Å². The van der Waals surface area contributed by atoms with Crippen LogP contribution in [0.25, 0.3) is 0 Å². The van der Waals surface area contributed by atoms with E-state index in [1.54, 1.807) is 4.31 Å². The van der Waals surface area contributed by atoms with E-state index in [-0.39, 0.29) is 11.4 Å². The van der Waals surface area contributed by atoms with Crippen molar-refractivity contribution in [3.8, 4) is 0 Å². The van der Waals surface area contributed by atoms with Crippen LogP contribution in [0.3, 0.4) is 0 Å². The molecule has 1 aromatic rings. The lowest BCUT2D eigenvalue weighted by Crippen LogP contribution is -2.58. The second-order valence-corrected chi connectivity index (χ2v) is 8.46. The fraction of sp³-hybridized carbons (Fsp3) is 0.733. The zero-order chi connectivity index (χ0) is 17.2. The molecule has 3 heterocycles. The number of rotatable bonds is 4. The second kappa shape index (κ2) is 6.89. The maximum absolute atomic E-state index is 13.0. The zero-order valence-corrected chi connectivity index (χ0v) is 14.6. The third-order valence-electron chi connectivity index (χ3n) is 4.63. The van der Waals surface area contributed by atoms with Crippen molar-refractivity contribution < 1.29 is 17.5 Å². The van der Waals surface area contributed by atoms with Crippen molar-refractivity contribution in [2.75, 3.05) is 43.4 Å². The van der Waals surface area contributed by atoms with Crippen LogP contribution in [0, 0.1) is 5.82 Å². The highest BCUT2D eigenvalue weighted by molar-refractivity contribution is 7.89. The molecule has 0 aliphatic carbocycles. The van der Waals surface area contributed by atoms with Crippen molar-refractivity contribution in [3.63, 3.8) is 0 Å². The molecule has 0 saturated carbocycles. The highest BCUT2D eigenvalue weighted by atomic mass is 32.2. The molecule has 2 aliphatic heterocycles. The molecule has 134 valence electrons. The lowest BCUT2D eigenvalue weighted by molar-refractivity contribution is -0.0828. The fourth-order valence-corrected chi connectivity index (χ4v) is 4.86. The van der Waals surface area contributed by atoms with E-state index < -0.39 is 15.8 Å². The number of piperidine rings is 1. The van der Waals surface area contributed by atoms with Crippen LogP contribution in [0.2, 0.25) is 0 Å². The van der Waals surface area contributed by atoms with Gasteiger partial charge in [0.05, 0.1) is 36.9 Å². The van der Waals surface area contributed by atoms with Gasteiger partial charge in [-0.2, -0.15) is 0 Å². The van der Waals surface area contributed by atoms with Crippen LogP contribution in [0.4, 0.5) is 10.3 Å². The van der Waals surface area contributed by atoms with Crippen molar-refractivity contribution in [2.45, 2.75) is 31.8 Å². The van der Waals surface area contributed by atoms with Crippen LogP contribution in [0.15, 0.2) is 12.4 Å². The Balaban J connectivity index is 1.66. The quantitative estimate of drug-likeness (QED) is 0.800. The molecule has 9 heteroatoms. The highest BCUT2D eigenvalue weighted by Crippen LogP contribution is 2.32. The molecule has 0 aromatic carbocycles. The van der Waals surface area contributed by atoms with Crippen molar-refractivity contribution in [1.82, 2.24) is 14.3 Å². The molecule has 2 fully saturated rings. The van der Waals surface area contributed by atoms with Crippen LogP contribution in [0.5, 0.6) is 0 Å². The van der Waals surface area contributed by atoms with E-state index in [4.69, 9.17) is 4.74 Å². The lowest BCUT2D eigenvalue weighted by atomic mass is 9.90. The maximum Gasteiger partial charge on any atom is 0.225 e. The van der Waals surface area contributed by atoms with Crippen molar-refractivity contribution in [3.05, 3.63) is 18.2 Å². The van der Waals surface area contributed by atoms with Crippen LogP contribution < -0.4 is 4.90 Å². The van der Waals surface area contributed by atoms with Gasteiger partial charge in [-0.15, -0.1) is 0 Å². The second-order valence-electron chi connectivity index (χ2n) is 6.37. The molecule has 0 bridgehead atoms. The summed E-state index contributed by atoms with van der Waals surface area (Å²) in [6.07, 6.45) is 4.23. The Morgan fingerprint density at radius 1 is 1.25 bits per heavy atom. The van der Waals surface area contributed by atoms with Gasteiger partial charge in [0.25, 0.3) is 0 Å². The summed E-state index contributed by atoms with van der Waals surface area (Å²) < 4.78 is 45.0. The van der Waals surface area contributed by atoms with Crippen LogP contribution in [-0.4, -0.2) is 66.8 Å². The largest absolute Gasteiger partial charge is 0.371 e. The maximum atomic E-state index is 13.0. The van der Waals surface area contributed by atoms with Gasteiger partial charge in [-0.25, -0.2) is 27.1 Å². The van der Waals surface area contributed by atoms with Gasteiger partial charge in [-0.3, -0.25) is 0 Å². The average Bonchev–Trinajstić information content (AvgIpc) is 2.56. The van der Waals surface area contributed by atoms with E-state index >= 15 is 0 Å². The number of aromatic nitrogens is 2. The predicted molar refractivity (Wildman–Crippen MR) is 87.8 cm³/mol. The van der Waals surface area contributed by atoms with E-state index in [1.165, 1.54) is 0 Å². The first-order chi connectivity index (χ1) is 11.4. The van der Waals surface area contributed by atoms with E-state index in [9.17, 15) is 12.8 Å². The summed E-state index contributed by atoms with van der Waals surface area (Å²) in [5.41, 5.74) is -0.381. The van der Waals surface area contributed by atoms with Crippen molar-refractivity contribution in [1.29, 1.82) is 0 Å². The molecule has 7 nitrogen and oxygen atoms in total. The first-order valence-corrected chi connectivity index (χ1v) is 9.89. The van der Waals surface area contributed by atoms with Crippen LogP contribution in [0.1, 0.15) is 26.2 Å². The van der Waals surface area contributed by atoms with E-state index in [2.05, 4.69) is 9.97 Å². The topological polar surface area (TPSA) is 75.6 Å². The van der Waals surface area contributed by atoms with Gasteiger partial charge >= 0.3 is 0 Å². The first-order valence-electron chi connectivity index (χ1n) is 8.28. The molecule has 2 saturated heterocycles. The average molecular weight is 358 g/mol. The first kappa shape index (κ1) is 17.5. The number of sulfonamides is 1. The number of anilines is 1. The Hall–Kier alpha value is -1.32. The smallest absolute Gasteiger partial charge is 0.225 e. The van der Waals surface area contributed by atoms with Crippen LogP contribution in [-0.2, 0) is 14.8 Å². The number of nitrogens with zero attached hydrogens (tertiary/aromatic N) is 4. The standard InChI is InChI=1S/C15H23FN4O3S/c1-2-9-24(21,22)20-5-3-15(4-6-20)12-19(7-8-23-15)14-17-10-13(16)11-18-14/h10-11H,2-9,12H2,1H3. The van der Waals surface area contributed by atoms with Gasteiger partial charge < -0.3 is 9.64 Å². The normalized spacial score (nSPS) is 22.0. The molecule has 1 aromatic heterocycles. The Kier molecular flexibility index (Phi) is 5.03. The third-order valence-corrected chi connectivity index (χ3v) is 6.70. The molecule has 1 spiro atoms. The Bertz CT molecular complexity index is 660. The molecule has 0 radical (unpaired) electrons. The van der Waals surface area contributed by atoms with Gasteiger partial charge in [0.1, 0.15) is 0 Å². The van der Waals surface area contributed by atoms with E-state index in [0.717, 1.165) is 12.4 Å². The van der Waals surface area contributed by atoms with Crippen LogP contribution >= 0.6 is 0 Å². The molecular formula is C15H23FN4O3S. The molecule has 0 atom stereocenters. The molecule has 0 N–H and O–H groups in total. The molecule has 24 heavy (non-hydrogen) atoms. The summed E-state index contributed by atoms with van der Waals surface area (Å²) in [5, 5.41) is 0. The summed E-state index contributed by atoms with van der Waals surface area (Å²) >= 11 is 0.